The van der Waals surface area contributed by atoms with Crippen molar-refractivity contribution in [3.63, 3.8) is 0 Å². The van der Waals surface area contributed by atoms with E-state index < -0.39 is 17.5 Å². The number of rotatable bonds is 9. The second kappa shape index (κ2) is 11.9. The van der Waals surface area contributed by atoms with Crippen molar-refractivity contribution >= 4 is 29.1 Å². The number of methoxy groups -OCH3 is 1. The van der Waals surface area contributed by atoms with E-state index in [0.717, 1.165) is 19.5 Å². The van der Waals surface area contributed by atoms with Crippen molar-refractivity contribution in [1.82, 2.24) is 19.8 Å². The Morgan fingerprint density at radius 2 is 2.00 bits per heavy atom. The number of halogens is 3. The van der Waals surface area contributed by atoms with Gasteiger partial charge in [0.2, 0.25) is 5.82 Å². The molecule has 1 aliphatic heterocycles. The van der Waals surface area contributed by atoms with Crippen LogP contribution in [0.5, 0.6) is 5.75 Å². The number of carbonyl (C=O) groups is 2. The van der Waals surface area contributed by atoms with Gasteiger partial charge in [-0.1, -0.05) is 11.6 Å². The summed E-state index contributed by atoms with van der Waals surface area (Å²) in [5, 5.41) is 14.9. The molecule has 3 N–H and O–H groups in total. The first kappa shape index (κ1) is 27.5. The van der Waals surface area contributed by atoms with Crippen LogP contribution < -0.4 is 15.4 Å². The smallest absolute Gasteiger partial charge is 0.291 e. The van der Waals surface area contributed by atoms with Crippen molar-refractivity contribution in [1.29, 1.82) is 0 Å². The lowest BCUT2D eigenvalue weighted by Gasteiger charge is -2.16. The number of aliphatic hydroxyl groups excluding tert-OH is 1. The van der Waals surface area contributed by atoms with Gasteiger partial charge in [0.1, 0.15) is 0 Å². The number of anilines is 1. The van der Waals surface area contributed by atoms with E-state index in [1.807, 2.05) is 0 Å². The van der Waals surface area contributed by atoms with E-state index in [2.05, 4.69) is 20.5 Å². The summed E-state index contributed by atoms with van der Waals surface area (Å²) in [4.78, 5) is 31.7. The van der Waals surface area contributed by atoms with Gasteiger partial charge in [-0.3, -0.25) is 9.59 Å². The Morgan fingerprint density at radius 1 is 1.21 bits per heavy atom. The molecule has 12 heteroatoms. The van der Waals surface area contributed by atoms with Crippen LogP contribution in [-0.4, -0.2) is 71.3 Å². The summed E-state index contributed by atoms with van der Waals surface area (Å²) in [5.41, 5.74) is 0.708. The lowest BCUT2D eigenvalue weighted by Crippen LogP contribution is -2.34. The molecule has 1 saturated heterocycles. The summed E-state index contributed by atoms with van der Waals surface area (Å²) >= 11 is 6.31. The molecule has 2 amide bonds. The van der Waals surface area contributed by atoms with E-state index in [1.54, 1.807) is 0 Å². The number of benzene rings is 2. The third-order valence-corrected chi connectivity index (χ3v) is 6.86. The molecule has 0 bridgehead atoms. The molecule has 0 radical (unpaired) electrons. The summed E-state index contributed by atoms with van der Waals surface area (Å²) in [5.74, 6) is -3.19. The minimum absolute atomic E-state index is 0.0427. The summed E-state index contributed by atoms with van der Waals surface area (Å²) in [6.45, 7) is 2.98. The molecule has 3 aromatic rings. The van der Waals surface area contributed by atoms with Crippen LogP contribution in [0.25, 0.3) is 11.3 Å². The highest BCUT2D eigenvalue weighted by Gasteiger charge is 2.23. The molecular weight excluding hydrogens is 520 g/mol. The maximum atomic E-state index is 14.6. The molecule has 38 heavy (non-hydrogen) atoms. The minimum atomic E-state index is -1.14. The third kappa shape index (κ3) is 5.79. The Bertz CT molecular complexity index is 1350. The van der Waals surface area contributed by atoms with Gasteiger partial charge in [-0.15, -0.1) is 0 Å². The number of hydrogen-bond acceptors (Lipinski definition) is 6. The van der Waals surface area contributed by atoms with Crippen molar-refractivity contribution in [3.8, 4) is 17.0 Å². The number of amides is 2. The molecule has 1 fully saturated rings. The van der Waals surface area contributed by atoms with E-state index in [4.69, 9.17) is 16.3 Å². The average molecular weight is 548 g/mol. The molecule has 9 nitrogen and oxygen atoms in total. The Labute approximate surface area is 223 Å². The fourth-order valence-corrected chi connectivity index (χ4v) is 4.68. The van der Waals surface area contributed by atoms with E-state index >= 15 is 0 Å². The Morgan fingerprint density at radius 3 is 2.68 bits per heavy atom. The first-order valence-electron chi connectivity index (χ1n) is 12.0. The minimum Gasteiger partial charge on any atom is -0.494 e. The van der Waals surface area contributed by atoms with Gasteiger partial charge < -0.3 is 29.9 Å². The number of nitrogens with zero attached hydrogens (tertiary/aromatic N) is 3. The highest BCUT2D eigenvalue weighted by Crippen LogP contribution is 2.30. The van der Waals surface area contributed by atoms with Crippen LogP contribution in [0.15, 0.2) is 36.5 Å². The Kier molecular flexibility index (Phi) is 8.60. The lowest BCUT2D eigenvalue weighted by molar-refractivity contribution is 0.0948. The molecule has 4 rings (SSSR count). The van der Waals surface area contributed by atoms with E-state index in [-0.39, 0.29) is 51.8 Å². The quantitative estimate of drug-likeness (QED) is 0.379. The molecule has 1 aliphatic rings. The molecule has 1 atom stereocenters. The number of hydrogen-bond donors (Lipinski definition) is 3. The number of aliphatic hydroxyl groups is 1. The van der Waals surface area contributed by atoms with Gasteiger partial charge in [0.25, 0.3) is 11.8 Å². The van der Waals surface area contributed by atoms with Crippen LogP contribution in [0.3, 0.4) is 0 Å². The zero-order chi connectivity index (χ0) is 27.4. The van der Waals surface area contributed by atoms with Crippen LogP contribution in [0.4, 0.5) is 14.5 Å². The van der Waals surface area contributed by atoms with Crippen LogP contribution in [0, 0.1) is 17.6 Å². The van der Waals surface area contributed by atoms with Gasteiger partial charge in [-0.2, -0.15) is 4.39 Å². The van der Waals surface area contributed by atoms with Crippen LogP contribution >= 0.6 is 11.6 Å². The maximum Gasteiger partial charge on any atom is 0.291 e. The largest absolute Gasteiger partial charge is 0.494 e. The van der Waals surface area contributed by atoms with Gasteiger partial charge in [-0.25, -0.2) is 9.37 Å². The number of likely N-dealkylation sites (tertiary alicyclic amines) is 1. The molecule has 2 aromatic carbocycles. The fraction of sp³-hybridized carbons (Fsp3) is 0.346. The van der Waals surface area contributed by atoms with E-state index in [1.165, 1.54) is 55.3 Å². The van der Waals surface area contributed by atoms with Crippen molar-refractivity contribution in [2.24, 2.45) is 13.0 Å². The van der Waals surface area contributed by atoms with Crippen molar-refractivity contribution in [2.75, 3.05) is 45.2 Å². The number of nitrogens with one attached hydrogen (secondary N) is 2. The number of aromatic nitrogens is 2. The molecule has 1 unspecified atom stereocenters. The second-order valence-electron chi connectivity index (χ2n) is 9.01. The molecule has 0 saturated carbocycles. The first-order valence-corrected chi connectivity index (χ1v) is 12.4. The number of ether oxygens (including phenoxy) is 1. The third-order valence-electron chi connectivity index (χ3n) is 6.55. The monoisotopic (exact) mass is 547 g/mol. The zero-order valence-electron chi connectivity index (χ0n) is 20.9. The molecule has 2 heterocycles. The highest BCUT2D eigenvalue weighted by atomic mass is 35.5. The predicted octanol–water partition coefficient (Wildman–Crippen LogP) is 3.32. The standard InChI is InChI=1S/C26H28ClF2N5O4/c1-33-20(18-5-6-21(38-2)23(29)22(18)28)12-31-24(33)26(37)32-16-3-4-17(19(27)11-16)25(36)30-8-10-34-9-7-15(13-34)14-35/h3-6,11-12,15,35H,7-10,13-14H2,1-2H3,(H,30,36)(H,32,37). The summed E-state index contributed by atoms with van der Waals surface area (Å²) in [7, 11) is 2.74. The van der Waals surface area contributed by atoms with Gasteiger partial charge >= 0.3 is 0 Å². The number of imidazole rings is 1. The van der Waals surface area contributed by atoms with Crippen LogP contribution in [0.2, 0.25) is 5.02 Å². The number of carbonyl (C=O) groups excluding carboxylic acids is 2. The van der Waals surface area contributed by atoms with Gasteiger partial charge in [-0.05, 0) is 49.2 Å². The van der Waals surface area contributed by atoms with E-state index in [0.29, 0.717) is 18.8 Å². The molecule has 1 aromatic heterocycles. The van der Waals surface area contributed by atoms with Crippen molar-refractivity contribution in [3.05, 3.63) is 64.6 Å². The normalized spacial score (nSPS) is 15.5. The summed E-state index contributed by atoms with van der Waals surface area (Å²) in [6, 6.07) is 7.12. The van der Waals surface area contributed by atoms with Gasteiger partial charge in [0, 0.05) is 44.5 Å². The topological polar surface area (TPSA) is 109 Å². The van der Waals surface area contributed by atoms with Crippen molar-refractivity contribution < 1.29 is 28.2 Å². The first-order chi connectivity index (χ1) is 18.2. The molecule has 0 spiro atoms. The average Bonchev–Trinajstić information content (AvgIpc) is 3.52. The SMILES string of the molecule is COc1ccc(-c2cnc(C(=O)Nc3ccc(C(=O)NCCN4CCC(CO)C4)c(Cl)c3)n2C)c(F)c1F. The zero-order valence-corrected chi connectivity index (χ0v) is 21.7. The summed E-state index contributed by atoms with van der Waals surface area (Å²) < 4.78 is 34.8. The molecule has 0 aliphatic carbocycles. The highest BCUT2D eigenvalue weighted by molar-refractivity contribution is 6.34. The fourth-order valence-electron chi connectivity index (χ4n) is 4.41. The predicted molar refractivity (Wildman–Crippen MR) is 138 cm³/mol. The maximum absolute atomic E-state index is 14.6. The van der Waals surface area contributed by atoms with Crippen LogP contribution in [-0.2, 0) is 7.05 Å². The van der Waals surface area contributed by atoms with Gasteiger partial charge in [0.05, 0.1) is 29.6 Å². The van der Waals surface area contributed by atoms with Crippen LogP contribution in [0.1, 0.15) is 27.4 Å². The lowest BCUT2D eigenvalue weighted by atomic mass is 10.1. The summed E-state index contributed by atoms with van der Waals surface area (Å²) in [6.07, 6.45) is 2.21. The molecular formula is C26H28ClF2N5O4. The van der Waals surface area contributed by atoms with E-state index in [9.17, 15) is 23.5 Å². The Balaban J connectivity index is 1.39. The van der Waals surface area contributed by atoms with Crippen molar-refractivity contribution in [2.45, 2.75) is 6.42 Å². The molecule has 202 valence electrons. The second-order valence-corrected chi connectivity index (χ2v) is 9.42. The Hall–Kier alpha value is -3.54. The van der Waals surface area contributed by atoms with Gasteiger partial charge in [0.15, 0.2) is 17.4 Å².